The first-order chi connectivity index (χ1) is 14.5. The Labute approximate surface area is 183 Å². The lowest BCUT2D eigenvalue weighted by molar-refractivity contribution is -0.135. The van der Waals surface area contributed by atoms with Crippen molar-refractivity contribution in [3.8, 4) is 0 Å². The number of nitrogens with one attached hydrogen (secondary N) is 2. The van der Waals surface area contributed by atoms with Gasteiger partial charge in [0.25, 0.3) is 5.91 Å². The van der Waals surface area contributed by atoms with Gasteiger partial charge in [-0.1, -0.05) is 35.9 Å². The number of aryl methyl sites for hydroxylation is 1. The van der Waals surface area contributed by atoms with Crippen molar-refractivity contribution >= 4 is 41.2 Å². The molecule has 3 aliphatic rings. The molecular weight excluding hydrogens is 422 g/mol. The minimum absolute atomic E-state index is 0.186. The van der Waals surface area contributed by atoms with E-state index in [-0.39, 0.29) is 24.4 Å². The van der Waals surface area contributed by atoms with Crippen LogP contribution in [0.25, 0.3) is 0 Å². The lowest BCUT2D eigenvalue weighted by Crippen LogP contribution is -2.44. The summed E-state index contributed by atoms with van der Waals surface area (Å²) >= 11 is 7.87. The molecule has 6 nitrogen and oxygen atoms in total. The molecule has 1 spiro atoms. The van der Waals surface area contributed by atoms with Crippen molar-refractivity contribution in [2.75, 3.05) is 12.3 Å². The first-order valence-electron chi connectivity index (χ1n) is 9.92. The van der Waals surface area contributed by atoms with Crippen LogP contribution in [-0.4, -0.2) is 35.0 Å². The topological polar surface area (TPSA) is 78.5 Å². The third-order valence-corrected chi connectivity index (χ3v) is 7.43. The first kappa shape index (κ1) is 19.5. The first-order valence-corrected chi connectivity index (χ1v) is 11.3. The standard InChI is InChI=1S/C22H20ClN3O3S/c23-14-5-6-18-15(11-14)17(8-10-30-18)24-19(27)12-26-20(28)22(25-21(26)29)9-7-13-3-1-2-4-16(13)22/h1-6,11,17H,7-10,12H2,(H,24,27)(H,25,29). The van der Waals surface area contributed by atoms with Crippen LogP contribution < -0.4 is 10.6 Å². The number of carbonyl (C=O) groups excluding carboxylic acids is 3. The molecule has 2 aromatic rings. The van der Waals surface area contributed by atoms with Crippen LogP contribution in [0.4, 0.5) is 4.79 Å². The average Bonchev–Trinajstić information content (AvgIpc) is 3.22. The van der Waals surface area contributed by atoms with Crippen LogP contribution >= 0.6 is 23.4 Å². The second kappa shape index (κ2) is 7.32. The molecule has 2 aliphatic heterocycles. The Kier molecular flexibility index (Phi) is 4.75. The highest BCUT2D eigenvalue weighted by molar-refractivity contribution is 7.99. The van der Waals surface area contributed by atoms with Gasteiger partial charge < -0.3 is 10.6 Å². The molecule has 30 heavy (non-hydrogen) atoms. The molecule has 2 atom stereocenters. The molecule has 0 aromatic heterocycles. The molecule has 1 aliphatic carbocycles. The fourth-order valence-corrected chi connectivity index (χ4v) is 5.92. The number of hydrogen-bond donors (Lipinski definition) is 2. The van der Waals surface area contributed by atoms with E-state index >= 15 is 0 Å². The van der Waals surface area contributed by atoms with Crippen molar-refractivity contribution in [2.24, 2.45) is 0 Å². The third kappa shape index (κ3) is 3.08. The van der Waals surface area contributed by atoms with Gasteiger partial charge in [-0.15, -0.1) is 11.8 Å². The fourth-order valence-electron chi connectivity index (χ4n) is 4.63. The zero-order valence-corrected chi connectivity index (χ0v) is 17.7. The number of rotatable bonds is 3. The normalized spacial score (nSPS) is 24.6. The highest BCUT2D eigenvalue weighted by Crippen LogP contribution is 2.41. The van der Waals surface area contributed by atoms with E-state index in [1.807, 2.05) is 42.5 Å². The maximum Gasteiger partial charge on any atom is 0.325 e. The number of hydrogen-bond acceptors (Lipinski definition) is 4. The summed E-state index contributed by atoms with van der Waals surface area (Å²) in [6.45, 7) is -0.297. The summed E-state index contributed by atoms with van der Waals surface area (Å²) in [5.41, 5.74) is 1.82. The Morgan fingerprint density at radius 3 is 2.97 bits per heavy atom. The van der Waals surface area contributed by atoms with Crippen LogP contribution in [0.5, 0.6) is 0 Å². The van der Waals surface area contributed by atoms with Gasteiger partial charge in [0, 0.05) is 15.7 Å². The van der Waals surface area contributed by atoms with Crippen LogP contribution in [0.3, 0.4) is 0 Å². The molecule has 1 fully saturated rings. The Bertz CT molecular complexity index is 1080. The number of urea groups is 1. The SMILES string of the molecule is O=C(CN1C(=O)NC2(CCc3ccccc32)C1=O)NC1CCSc2ccc(Cl)cc21. The largest absolute Gasteiger partial charge is 0.348 e. The molecule has 0 radical (unpaired) electrons. The number of imide groups is 1. The van der Waals surface area contributed by atoms with Crippen molar-refractivity contribution in [3.63, 3.8) is 0 Å². The van der Waals surface area contributed by atoms with E-state index in [4.69, 9.17) is 11.6 Å². The molecule has 2 unspecified atom stereocenters. The molecule has 4 amide bonds. The summed E-state index contributed by atoms with van der Waals surface area (Å²) in [6.07, 6.45) is 2.00. The van der Waals surface area contributed by atoms with Gasteiger partial charge in [-0.05, 0) is 54.2 Å². The zero-order chi connectivity index (χ0) is 20.9. The van der Waals surface area contributed by atoms with Gasteiger partial charge >= 0.3 is 6.03 Å². The molecule has 5 rings (SSSR count). The van der Waals surface area contributed by atoms with Gasteiger partial charge in [-0.2, -0.15) is 0 Å². The van der Waals surface area contributed by atoms with Crippen LogP contribution in [0.15, 0.2) is 47.4 Å². The van der Waals surface area contributed by atoms with Crippen LogP contribution in [0.1, 0.15) is 35.6 Å². The lowest BCUT2D eigenvalue weighted by atomic mass is 9.92. The maximum atomic E-state index is 13.2. The Morgan fingerprint density at radius 1 is 1.27 bits per heavy atom. The van der Waals surface area contributed by atoms with Crippen molar-refractivity contribution in [1.29, 1.82) is 0 Å². The minimum Gasteiger partial charge on any atom is -0.348 e. The summed E-state index contributed by atoms with van der Waals surface area (Å²) < 4.78 is 0. The zero-order valence-electron chi connectivity index (χ0n) is 16.1. The van der Waals surface area contributed by atoms with E-state index in [0.717, 1.165) is 45.1 Å². The predicted octanol–water partition coefficient (Wildman–Crippen LogP) is 3.39. The van der Waals surface area contributed by atoms with Gasteiger partial charge in [-0.25, -0.2) is 4.79 Å². The van der Waals surface area contributed by atoms with E-state index in [2.05, 4.69) is 10.6 Å². The summed E-state index contributed by atoms with van der Waals surface area (Å²) in [5, 5.41) is 6.45. The number of amides is 4. The fraction of sp³-hybridized carbons (Fsp3) is 0.318. The Morgan fingerprint density at radius 2 is 2.10 bits per heavy atom. The molecular formula is C22H20ClN3O3S. The number of fused-ring (bicyclic) bond motifs is 3. The predicted molar refractivity (Wildman–Crippen MR) is 114 cm³/mol. The average molecular weight is 442 g/mol. The third-order valence-electron chi connectivity index (χ3n) is 6.07. The van der Waals surface area contributed by atoms with Gasteiger partial charge in [0.2, 0.25) is 5.91 Å². The molecule has 2 N–H and O–H groups in total. The van der Waals surface area contributed by atoms with E-state index in [1.165, 1.54) is 0 Å². The number of nitrogens with zero attached hydrogens (tertiary/aromatic N) is 1. The van der Waals surface area contributed by atoms with E-state index in [0.29, 0.717) is 11.4 Å². The molecule has 2 heterocycles. The Hall–Kier alpha value is -2.51. The van der Waals surface area contributed by atoms with Crippen molar-refractivity contribution in [2.45, 2.75) is 35.7 Å². The number of thioether (sulfide) groups is 1. The van der Waals surface area contributed by atoms with Crippen molar-refractivity contribution in [1.82, 2.24) is 15.5 Å². The van der Waals surface area contributed by atoms with E-state index < -0.39 is 11.6 Å². The number of carbonyl (C=O) groups is 3. The molecule has 154 valence electrons. The highest BCUT2D eigenvalue weighted by atomic mass is 35.5. The molecule has 2 aromatic carbocycles. The van der Waals surface area contributed by atoms with E-state index in [1.54, 1.807) is 11.8 Å². The monoisotopic (exact) mass is 441 g/mol. The molecule has 1 saturated heterocycles. The van der Waals surface area contributed by atoms with Gasteiger partial charge in [0.1, 0.15) is 12.1 Å². The molecule has 8 heteroatoms. The second-order valence-corrected chi connectivity index (χ2v) is 9.40. The smallest absolute Gasteiger partial charge is 0.325 e. The molecule has 0 bridgehead atoms. The quantitative estimate of drug-likeness (QED) is 0.716. The highest BCUT2D eigenvalue weighted by Gasteiger charge is 2.55. The van der Waals surface area contributed by atoms with Gasteiger partial charge in [-0.3, -0.25) is 14.5 Å². The number of halogens is 1. The van der Waals surface area contributed by atoms with Gasteiger partial charge in [0.05, 0.1) is 6.04 Å². The maximum absolute atomic E-state index is 13.2. The summed E-state index contributed by atoms with van der Waals surface area (Å²) in [6, 6.07) is 12.6. The minimum atomic E-state index is -1.05. The Balaban J connectivity index is 1.33. The van der Waals surface area contributed by atoms with Gasteiger partial charge in [0.15, 0.2) is 0 Å². The lowest BCUT2D eigenvalue weighted by Gasteiger charge is -2.27. The van der Waals surface area contributed by atoms with Crippen LogP contribution in [0, 0.1) is 0 Å². The summed E-state index contributed by atoms with van der Waals surface area (Å²) in [4.78, 5) is 40.7. The second-order valence-electron chi connectivity index (χ2n) is 7.82. The van der Waals surface area contributed by atoms with Crippen molar-refractivity contribution in [3.05, 3.63) is 64.2 Å². The van der Waals surface area contributed by atoms with Crippen LogP contribution in [0.2, 0.25) is 5.02 Å². The molecule has 0 saturated carbocycles. The van der Waals surface area contributed by atoms with E-state index in [9.17, 15) is 14.4 Å². The van der Waals surface area contributed by atoms with Crippen LogP contribution in [-0.2, 0) is 21.5 Å². The van der Waals surface area contributed by atoms with Crippen molar-refractivity contribution < 1.29 is 14.4 Å². The number of benzene rings is 2. The summed E-state index contributed by atoms with van der Waals surface area (Å²) in [7, 11) is 0. The summed E-state index contributed by atoms with van der Waals surface area (Å²) in [5.74, 6) is 0.169.